The Kier molecular flexibility index (Phi) is 3.89. The first-order valence-electron chi connectivity index (χ1n) is 8.07. The van der Waals surface area contributed by atoms with E-state index >= 15 is 0 Å². The first kappa shape index (κ1) is 15.9. The predicted octanol–water partition coefficient (Wildman–Crippen LogP) is 4.21. The zero-order valence-corrected chi connectivity index (χ0v) is 14.0. The van der Waals surface area contributed by atoms with Gasteiger partial charge in [0.15, 0.2) is 0 Å². The van der Waals surface area contributed by atoms with E-state index in [1.807, 2.05) is 36.4 Å². The maximum Gasteiger partial charge on any atom is 0.360 e. The van der Waals surface area contributed by atoms with Crippen LogP contribution in [0.25, 0.3) is 21.7 Å². The number of hydrogen-bond donors (Lipinski definition) is 1. The lowest BCUT2D eigenvalue weighted by Gasteiger charge is -2.08. The second-order valence-corrected chi connectivity index (χ2v) is 5.83. The zero-order chi connectivity index (χ0) is 18.1. The summed E-state index contributed by atoms with van der Waals surface area (Å²) in [6.45, 7) is 0. The lowest BCUT2D eigenvalue weighted by molar-refractivity contribution is 0.102. The van der Waals surface area contributed by atoms with Crippen LogP contribution >= 0.6 is 0 Å². The summed E-state index contributed by atoms with van der Waals surface area (Å²) in [5, 5.41) is 5.10. The largest absolute Gasteiger partial charge is 0.497 e. The summed E-state index contributed by atoms with van der Waals surface area (Å²) in [5.41, 5.74) is 0.409. The molecular formula is C21H15NO4. The molecule has 0 spiro atoms. The highest BCUT2D eigenvalue weighted by Crippen LogP contribution is 2.23. The van der Waals surface area contributed by atoms with Crippen LogP contribution in [0.15, 0.2) is 75.9 Å². The van der Waals surface area contributed by atoms with E-state index in [1.165, 1.54) is 0 Å². The number of methoxy groups -OCH3 is 1. The number of amides is 1. The quantitative estimate of drug-likeness (QED) is 0.565. The normalized spacial score (nSPS) is 10.8. The summed E-state index contributed by atoms with van der Waals surface area (Å²) in [5.74, 6) is 0.272. The summed E-state index contributed by atoms with van der Waals surface area (Å²) < 4.78 is 10.5. The van der Waals surface area contributed by atoms with Crippen LogP contribution in [0.3, 0.4) is 0 Å². The average molecular weight is 345 g/mol. The lowest BCUT2D eigenvalue weighted by Crippen LogP contribution is -2.18. The molecule has 0 bridgehead atoms. The fourth-order valence-corrected chi connectivity index (χ4v) is 2.93. The van der Waals surface area contributed by atoms with Gasteiger partial charge in [-0.25, -0.2) is 4.79 Å². The van der Waals surface area contributed by atoms with Crippen molar-refractivity contribution in [3.8, 4) is 5.75 Å². The number of nitrogens with one attached hydrogen (secondary N) is 1. The number of ether oxygens (including phenoxy) is 1. The van der Waals surface area contributed by atoms with E-state index in [0.717, 1.165) is 10.8 Å². The molecule has 0 saturated carbocycles. The lowest BCUT2D eigenvalue weighted by atomic mass is 10.0. The minimum atomic E-state index is -0.601. The maximum atomic E-state index is 12.7. The molecule has 1 aromatic heterocycles. The van der Waals surface area contributed by atoms with Crippen molar-refractivity contribution in [3.63, 3.8) is 0 Å². The Balaban J connectivity index is 1.75. The van der Waals surface area contributed by atoms with E-state index in [0.29, 0.717) is 22.3 Å². The molecule has 128 valence electrons. The minimum Gasteiger partial charge on any atom is -0.497 e. The van der Waals surface area contributed by atoms with Crippen LogP contribution in [0.4, 0.5) is 5.69 Å². The Morgan fingerprint density at radius 2 is 1.77 bits per heavy atom. The number of carbonyl (C=O) groups is 1. The molecule has 0 radical (unpaired) electrons. The predicted molar refractivity (Wildman–Crippen MR) is 101 cm³/mol. The van der Waals surface area contributed by atoms with E-state index in [4.69, 9.17) is 9.15 Å². The number of anilines is 1. The maximum absolute atomic E-state index is 12.7. The first-order chi connectivity index (χ1) is 12.7. The van der Waals surface area contributed by atoms with Crippen molar-refractivity contribution in [2.24, 2.45) is 0 Å². The van der Waals surface area contributed by atoms with Crippen LogP contribution in [-0.4, -0.2) is 13.0 Å². The van der Waals surface area contributed by atoms with E-state index in [-0.39, 0.29) is 11.6 Å². The molecule has 1 heterocycles. The second kappa shape index (κ2) is 6.37. The van der Waals surface area contributed by atoms with Crippen LogP contribution in [0.1, 0.15) is 10.4 Å². The molecule has 4 rings (SSSR count). The SMILES string of the molecule is COc1ccc2oc(=O)c(NC(=O)c3cccc4ccccc34)cc2c1. The monoisotopic (exact) mass is 345 g/mol. The molecule has 0 aliphatic carbocycles. The highest BCUT2D eigenvalue weighted by Gasteiger charge is 2.13. The van der Waals surface area contributed by atoms with Crippen molar-refractivity contribution < 1.29 is 13.9 Å². The Morgan fingerprint density at radius 3 is 2.62 bits per heavy atom. The smallest absolute Gasteiger partial charge is 0.360 e. The number of carbonyl (C=O) groups excluding carboxylic acids is 1. The van der Waals surface area contributed by atoms with Crippen LogP contribution < -0.4 is 15.7 Å². The minimum absolute atomic E-state index is 0.0867. The number of rotatable bonds is 3. The Morgan fingerprint density at radius 1 is 0.962 bits per heavy atom. The summed E-state index contributed by atoms with van der Waals surface area (Å²) in [6.07, 6.45) is 0. The van der Waals surface area contributed by atoms with Gasteiger partial charge in [-0.15, -0.1) is 0 Å². The van der Waals surface area contributed by atoms with Gasteiger partial charge in [-0.3, -0.25) is 4.79 Å². The third kappa shape index (κ3) is 2.80. The molecule has 5 nitrogen and oxygen atoms in total. The summed E-state index contributed by atoms with van der Waals surface area (Å²) in [4.78, 5) is 24.9. The van der Waals surface area contributed by atoms with Gasteiger partial charge in [0.25, 0.3) is 5.91 Å². The second-order valence-electron chi connectivity index (χ2n) is 5.83. The number of fused-ring (bicyclic) bond motifs is 2. The van der Waals surface area contributed by atoms with E-state index in [2.05, 4.69) is 5.32 Å². The highest BCUT2D eigenvalue weighted by atomic mass is 16.5. The number of benzene rings is 3. The summed E-state index contributed by atoms with van der Waals surface area (Å²) in [7, 11) is 1.56. The van der Waals surface area contributed by atoms with Crippen molar-refractivity contribution in [3.05, 3.63) is 82.7 Å². The van der Waals surface area contributed by atoms with Gasteiger partial charge >= 0.3 is 5.63 Å². The molecule has 0 saturated heterocycles. The fourth-order valence-electron chi connectivity index (χ4n) is 2.93. The van der Waals surface area contributed by atoms with Gasteiger partial charge in [0.1, 0.15) is 17.0 Å². The van der Waals surface area contributed by atoms with Crippen LogP contribution in [0.2, 0.25) is 0 Å². The fraction of sp³-hybridized carbons (Fsp3) is 0.0476. The van der Waals surface area contributed by atoms with E-state index in [1.54, 1.807) is 37.4 Å². The third-order valence-corrected chi connectivity index (χ3v) is 4.22. The standard InChI is InChI=1S/C21H15NO4/c1-25-15-9-10-19-14(11-15)12-18(21(24)26-19)22-20(23)17-8-4-6-13-5-2-3-7-16(13)17/h2-12H,1H3,(H,22,23). The van der Waals surface area contributed by atoms with Crippen molar-refractivity contribution in [2.75, 3.05) is 12.4 Å². The summed E-state index contributed by atoms with van der Waals surface area (Å²) in [6, 6.07) is 19.8. The average Bonchev–Trinajstić information content (AvgIpc) is 2.67. The molecule has 0 fully saturated rings. The molecule has 1 N–H and O–H groups in total. The molecule has 26 heavy (non-hydrogen) atoms. The topological polar surface area (TPSA) is 68.5 Å². The van der Waals surface area contributed by atoms with Gasteiger partial charge in [0, 0.05) is 10.9 Å². The molecule has 0 aliphatic heterocycles. The molecule has 5 heteroatoms. The third-order valence-electron chi connectivity index (χ3n) is 4.22. The highest BCUT2D eigenvalue weighted by molar-refractivity contribution is 6.13. The summed E-state index contributed by atoms with van der Waals surface area (Å²) >= 11 is 0. The van der Waals surface area contributed by atoms with E-state index < -0.39 is 5.63 Å². The van der Waals surface area contributed by atoms with Gasteiger partial charge in [0.05, 0.1) is 7.11 Å². The zero-order valence-electron chi connectivity index (χ0n) is 14.0. The van der Waals surface area contributed by atoms with Crippen molar-refractivity contribution in [2.45, 2.75) is 0 Å². The van der Waals surface area contributed by atoms with Crippen LogP contribution in [-0.2, 0) is 0 Å². The van der Waals surface area contributed by atoms with Crippen LogP contribution in [0.5, 0.6) is 5.75 Å². The van der Waals surface area contributed by atoms with Gasteiger partial charge < -0.3 is 14.5 Å². The molecular weight excluding hydrogens is 330 g/mol. The van der Waals surface area contributed by atoms with Gasteiger partial charge in [-0.2, -0.15) is 0 Å². The molecule has 0 aliphatic rings. The molecule has 1 amide bonds. The van der Waals surface area contributed by atoms with Gasteiger partial charge in [-0.05, 0) is 41.1 Å². The van der Waals surface area contributed by atoms with Crippen molar-refractivity contribution in [1.29, 1.82) is 0 Å². The van der Waals surface area contributed by atoms with E-state index in [9.17, 15) is 9.59 Å². The van der Waals surface area contributed by atoms with Crippen molar-refractivity contribution >= 4 is 33.3 Å². The Hall–Kier alpha value is -3.60. The number of hydrogen-bond acceptors (Lipinski definition) is 4. The Labute approximate surface area is 148 Å². The first-order valence-corrected chi connectivity index (χ1v) is 8.07. The molecule has 4 aromatic rings. The molecule has 0 atom stereocenters. The van der Waals surface area contributed by atoms with Crippen molar-refractivity contribution in [1.82, 2.24) is 0 Å². The van der Waals surface area contributed by atoms with Crippen LogP contribution in [0, 0.1) is 0 Å². The molecule has 0 unspecified atom stereocenters. The Bertz CT molecular complexity index is 1190. The van der Waals surface area contributed by atoms with Gasteiger partial charge in [-0.1, -0.05) is 36.4 Å². The van der Waals surface area contributed by atoms with Gasteiger partial charge in [0.2, 0.25) is 0 Å². The molecule has 3 aromatic carbocycles.